The average Bonchev–Trinajstić information content (AvgIpc) is 3.65. The van der Waals surface area contributed by atoms with E-state index >= 15 is 0 Å². The van der Waals surface area contributed by atoms with Crippen LogP contribution in [0.25, 0.3) is 44.5 Å². The van der Waals surface area contributed by atoms with Crippen molar-refractivity contribution in [3.63, 3.8) is 0 Å². The van der Waals surface area contributed by atoms with Gasteiger partial charge in [0.2, 0.25) is 5.91 Å². The van der Waals surface area contributed by atoms with Crippen molar-refractivity contribution in [1.82, 2.24) is 19.4 Å². The van der Waals surface area contributed by atoms with Gasteiger partial charge in [0, 0.05) is 13.1 Å². The second-order valence-electron chi connectivity index (χ2n) is 12.3. The van der Waals surface area contributed by atoms with Gasteiger partial charge in [0.1, 0.15) is 24.6 Å². The van der Waals surface area contributed by atoms with Gasteiger partial charge in [0.05, 0.1) is 11.0 Å². The van der Waals surface area contributed by atoms with E-state index in [1.807, 2.05) is 13.8 Å². The zero-order valence-corrected chi connectivity index (χ0v) is 33.4. The van der Waals surface area contributed by atoms with Gasteiger partial charge in [-0.2, -0.15) is 0 Å². The Balaban J connectivity index is 0.000000286. The van der Waals surface area contributed by atoms with Crippen molar-refractivity contribution >= 4 is 46.5 Å². The van der Waals surface area contributed by atoms with E-state index in [9.17, 15) is 45.5 Å². The molecule has 2 aromatic heterocycles. The highest BCUT2D eigenvalue weighted by atomic mass is 35.5. The van der Waals surface area contributed by atoms with E-state index in [0.29, 0.717) is 46.4 Å². The van der Waals surface area contributed by atoms with Crippen molar-refractivity contribution in [1.29, 1.82) is 0 Å². The molecule has 2 heterocycles. The van der Waals surface area contributed by atoms with Gasteiger partial charge in [-0.3, -0.25) is 18.7 Å². The molecule has 0 spiro atoms. The number of ether oxygens (including phenoxy) is 2. The smallest absolute Gasteiger partial charge is 0.480 e. The number of hydrogen-bond acceptors (Lipinski definition) is 9. The van der Waals surface area contributed by atoms with Gasteiger partial charge in [-0.05, 0) is 97.7 Å². The summed E-state index contributed by atoms with van der Waals surface area (Å²) in [4.78, 5) is 48.8. The number of carboxylic acid groups (broad SMARTS) is 1. The molecule has 60 heavy (non-hydrogen) atoms. The topological polar surface area (TPSA) is 158 Å². The Hall–Kier alpha value is -6.21. The highest BCUT2D eigenvalue weighted by Gasteiger charge is 2.31. The number of likely N-dealkylation sites (N-methyl/N-ethyl adjacent to an activating group) is 1. The van der Waals surface area contributed by atoms with Crippen molar-refractivity contribution in [3.05, 3.63) is 106 Å². The number of alkyl halides is 6. The summed E-state index contributed by atoms with van der Waals surface area (Å²) in [7, 11) is 0. The van der Waals surface area contributed by atoms with Gasteiger partial charge < -0.3 is 33.6 Å². The Morgan fingerprint density at radius 2 is 1.00 bits per heavy atom. The summed E-state index contributed by atoms with van der Waals surface area (Å²) in [5, 5.41) is 12.0. The molecule has 6 aromatic rings. The first-order chi connectivity index (χ1) is 27.9. The van der Waals surface area contributed by atoms with Crippen LogP contribution < -0.4 is 26.3 Å². The molecule has 1 amide bonds. The number of fused-ring (bicyclic) bond motifs is 2. The van der Waals surface area contributed by atoms with Crippen LogP contribution in [0.4, 0.5) is 26.3 Å². The Kier molecular flexibility index (Phi) is 17.0. The molecule has 20 heteroatoms. The van der Waals surface area contributed by atoms with Gasteiger partial charge in [0.15, 0.2) is 11.2 Å². The SMILES string of the molecule is CCN(CC)C(=O)Cn1c(=O)oc2ccc(-c3ccc(OC(F)(F)F)cc3)cc21.CCNCC.Cl.O=C(O)Cn1c(=O)oc2ccc(-c3ccc(OC(F)(F)F)cc3)cc21. The number of oxazole rings is 2. The van der Waals surface area contributed by atoms with Gasteiger partial charge in [-0.1, -0.05) is 50.2 Å². The molecule has 0 aliphatic heterocycles. The van der Waals surface area contributed by atoms with Crippen LogP contribution in [0.15, 0.2) is 103 Å². The number of carbonyl (C=O) groups is 2. The second kappa shape index (κ2) is 21.2. The minimum Gasteiger partial charge on any atom is -0.480 e. The molecule has 0 saturated carbocycles. The van der Waals surface area contributed by atoms with Crippen molar-refractivity contribution in [2.24, 2.45) is 0 Å². The molecule has 0 unspecified atom stereocenters. The number of carboxylic acids is 1. The second-order valence-corrected chi connectivity index (χ2v) is 12.3. The molecule has 6 rings (SSSR count). The first-order valence-electron chi connectivity index (χ1n) is 18.1. The molecule has 0 bridgehead atoms. The van der Waals surface area contributed by atoms with Crippen LogP contribution in [0.2, 0.25) is 0 Å². The lowest BCUT2D eigenvalue weighted by Crippen LogP contribution is -2.35. The number of nitrogens with zero attached hydrogens (tertiary/aromatic N) is 3. The van der Waals surface area contributed by atoms with E-state index in [1.54, 1.807) is 29.2 Å². The first-order valence-corrected chi connectivity index (χ1v) is 18.1. The number of aromatic nitrogens is 2. The summed E-state index contributed by atoms with van der Waals surface area (Å²) in [5.74, 6) is -3.55. The highest BCUT2D eigenvalue weighted by Crippen LogP contribution is 2.30. The van der Waals surface area contributed by atoms with Crippen molar-refractivity contribution in [3.8, 4) is 33.8 Å². The fourth-order valence-corrected chi connectivity index (χ4v) is 5.68. The minimum atomic E-state index is -4.77. The van der Waals surface area contributed by atoms with Crippen LogP contribution in [-0.2, 0) is 22.7 Å². The Bertz CT molecular complexity index is 2450. The molecule has 0 fully saturated rings. The van der Waals surface area contributed by atoms with Crippen LogP contribution in [0.3, 0.4) is 0 Å². The average molecular weight is 871 g/mol. The van der Waals surface area contributed by atoms with E-state index in [0.717, 1.165) is 29.8 Å². The summed E-state index contributed by atoms with van der Waals surface area (Å²) in [6.45, 7) is 10.4. The maximum atomic E-state index is 12.4. The predicted octanol–water partition coefficient (Wildman–Crippen LogP) is 8.31. The summed E-state index contributed by atoms with van der Waals surface area (Å²) in [6.07, 6.45) is -9.53. The monoisotopic (exact) mass is 870 g/mol. The summed E-state index contributed by atoms with van der Waals surface area (Å²) >= 11 is 0. The summed E-state index contributed by atoms with van der Waals surface area (Å²) in [5.41, 5.74) is 3.66. The molecular weight excluding hydrogens is 830 g/mol. The maximum Gasteiger partial charge on any atom is 0.573 e. The lowest BCUT2D eigenvalue weighted by Gasteiger charge is -2.18. The molecule has 4 aromatic carbocycles. The van der Waals surface area contributed by atoms with E-state index in [1.165, 1.54) is 53.1 Å². The molecular formula is C40H41ClF6N4O9. The number of hydrogen-bond donors (Lipinski definition) is 2. The molecule has 13 nitrogen and oxygen atoms in total. The predicted molar refractivity (Wildman–Crippen MR) is 212 cm³/mol. The fourth-order valence-electron chi connectivity index (χ4n) is 5.68. The maximum absolute atomic E-state index is 12.4. The zero-order chi connectivity index (χ0) is 43.5. The third kappa shape index (κ3) is 13.4. The van der Waals surface area contributed by atoms with Crippen LogP contribution in [-0.4, -0.2) is 69.9 Å². The van der Waals surface area contributed by atoms with E-state index < -0.39 is 36.8 Å². The largest absolute Gasteiger partial charge is 0.573 e. The summed E-state index contributed by atoms with van der Waals surface area (Å²) < 4.78 is 93.5. The van der Waals surface area contributed by atoms with Crippen LogP contribution >= 0.6 is 12.4 Å². The van der Waals surface area contributed by atoms with Gasteiger partial charge in [-0.25, -0.2) is 9.59 Å². The molecule has 324 valence electrons. The quantitative estimate of drug-likeness (QED) is 0.115. The number of halogens is 7. The van der Waals surface area contributed by atoms with Gasteiger partial charge >= 0.3 is 30.2 Å². The van der Waals surface area contributed by atoms with Crippen molar-refractivity contribution in [2.45, 2.75) is 53.5 Å². The Morgan fingerprint density at radius 1 is 0.633 bits per heavy atom. The fraction of sp³-hybridized carbons (Fsp3) is 0.300. The van der Waals surface area contributed by atoms with E-state index in [-0.39, 0.29) is 47.5 Å². The molecule has 0 saturated heterocycles. The number of aliphatic carboxylic acids is 1. The van der Waals surface area contributed by atoms with E-state index in [2.05, 4.69) is 28.6 Å². The lowest BCUT2D eigenvalue weighted by molar-refractivity contribution is -0.275. The Labute approximate surface area is 344 Å². The number of carbonyl (C=O) groups excluding carboxylic acids is 1. The Morgan fingerprint density at radius 3 is 1.32 bits per heavy atom. The number of nitrogens with one attached hydrogen (secondary N) is 1. The standard InChI is InChI=1S/C20H19F3N2O4.C16H10F3NO5.C4H11N.ClH/c1-3-24(4-2)18(26)12-25-16-11-14(7-10-17(16)28-19(25)27)13-5-8-15(9-6-13)29-20(21,22)23;17-16(18,19)25-11-4-1-9(2-5-11)10-3-6-13-12(7-10)20(8-14(21)22)15(23)24-13;1-3-5-4-2;/h5-11H,3-4,12H2,1-2H3;1-7H,8H2,(H,21,22);5H,3-4H2,1-2H3;1H. The van der Waals surface area contributed by atoms with Crippen LogP contribution in [0.1, 0.15) is 27.7 Å². The molecule has 0 atom stereocenters. The molecule has 0 aliphatic carbocycles. The lowest BCUT2D eigenvalue weighted by atomic mass is 10.1. The molecule has 0 aliphatic rings. The van der Waals surface area contributed by atoms with Crippen molar-refractivity contribution < 1.29 is 59.3 Å². The first kappa shape index (κ1) is 48.2. The number of rotatable bonds is 12. The highest BCUT2D eigenvalue weighted by molar-refractivity contribution is 5.85. The van der Waals surface area contributed by atoms with Crippen molar-refractivity contribution in [2.75, 3.05) is 26.2 Å². The van der Waals surface area contributed by atoms with E-state index in [4.69, 9.17) is 13.9 Å². The third-order valence-corrected chi connectivity index (χ3v) is 8.38. The molecule has 2 N–H and O–H groups in total. The number of amides is 1. The molecule has 0 radical (unpaired) electrons. The zero-order valence-electron chi connectivity index (χ0n) is 32.6. The van der Waals surface area contributed by atoms with Gasteiger partial charge in [-0.15, -0.1) is 38.7 Å². The summed E-state index contributed by atoms with van der Waals surface area (Å²) in [6, 6.07) is 20.1. The minimum absolute atomic E-state index is 0. The third-order valence-electron chi connectivity index (χ3n) is 8.38. The van der Waals surface area contributed by atoms with Gasteiger partial charge in [0.25, 0.3) is 0 Å². The normalized spacial score (nSPS) is 11.2. The number of benzene rings is 4. The van der Waals surface area contributed by atoms with Crippen LogP contribution in [0, 0.1) is 0 Å². The van der Waals surface area contributed by atoms with Crippen LogP contribution in [0.5, 0.6) is 11.5 Å².